The topological polar surface area (TPSA) is 372 Å². The lowest BCUT2D eigenvalue weighted by atomic mass is 9.48. The highest BCUT2D eigenvalue weighted by atomic mass is 32.2. The molecule has 0 radical (unpaired) electrons. The second-order valence-corrected chi connectivity index (χ2v) is 40.4. The largest absolute Gasteiger partial charge is 0.552 e. The van der Waals surface area contributed by atoms with Gasteiger partial charge < -0.3 is 68.7 Å². The average molecular weight is 1790 g/mol. The zero-order valence-corrected chi connectivity index (χ0v) is 73.4. The Morgan fingerprint density at radius 2 is 0.931 bits per heavy atom. The van der Waals surface area contributed by atoms with Gasteiger partial charge in [0.1, 0.15) is 46.0 Å². The minimum Gasteiger partial charge on any atom is -0.531 e. The SMILES string of the molecule is C#CCC(=O)N1CCC(C)C(C2=CB(O)Oc3cnc4[nH]ccc4c32)C1.CC1CCNCC1C1=CB(O)Oc2cnc3c(c21)C=CC3.O=S(=O)(NC1CC(C2=CB(O)Oc3cnc4c(c32)C=CC4)C1)c1ccc(F)cc1.O=S(=O)(NC1CC(C2=CB(O)Oc3cnc4c(c32)C=CC4)C1)c1ccc(F)cc1.OB1C=C(C2C3CC4CC2CC(O)(C4)C3)c2c(cnc3c2C=CC3)O1. The van der Waals surface area contributed by atoms with E-state index >= 15 is 0 Å². The van der Waals surface area contributed by atoms with Gasteiger partial charge in [-0.15, -0.1) is 6.42 Å². The number of halogens is 2. The van der Waals surface area contributed by atoms with Gasteiger partial charge >= 0.3 is 35.6 Å². The molecule has 0 spiro atoms. The lowest BCUT2D eigenvalue weighted by molar-refractivity contribution is -0.139. The number of carbonyl (C=O) groups excluding carboxylic acids is 1. The Morgan fingerprint density at radius 1 is 0.531 bits per heavy atom. The van der Waals surface area contributed by atoms with Gasteiger partial charge in [0.25, 0.3) is 0 Å². The standard InChI is InChI=1S/2C20H18BFN2O4S.C20H22BNO3.C19H20BN3O3.C16H19BN2O2/c2*22-13-4-6-15(7-5-13)29(26,27)24-14-8-12(9-14)17-10-21(25)28-19-11-23-18-3-1-2-16(18)20(17)19;23-20-6-11-4-12(7-20)18(13(5-11)8-20)15-9-21(24)25-17-10-22-16-3-1-2-14(16)19(15)17;1-3-4-17(24)23-8-6-12(2)15(11-23)14-9-20(25)26-16-10-22-19-13(18(14)16)5-7-21-19;1-10-5-6-18-8-13(10)12-7-17(20)21-15-9-19-14-4-2-3-11(14)16(12)15/h2*1-2,4-7,10-12,14,24-25H,3,8-9H2;1-2,9-13,18,23-24H,3-8H2;1,5,7,9-10,12,15,25H,4,6,8,11H2,2H3,(H,21,22);2-3,7,9-10,13,18,20H,4-6,8H2,1H3. The Hall–Kier alpha value is -10.9. The van der Waals surface area contributed by atoms with Gasteiger partial charge in [0, 0.05) is 125 Å². The number of carbonyl (C=O) groups is 1. The molecule has 6 unspecified atom stereocenters. The van der Waals surface area contributed by atoms with Crippen LogP contribution in [0.1, 0.15) is 164 Å². The summed E-state index contributed by atoms with van der Waals surface area (Å²) >= 11 is 0. The summed E-state index contributed by atoms with van der Waals surface area (Å²) < 4.78 is 109. The van der Waals surface area contributed by atoms with Gasteiger partial charge in [-0.2, -0.15) is 0 Å². The van der Waals surface area contributed by atoms with E-state index in [0.29, 0.717) is 109 Å². The first-order chi connectivity index (χ1) is 62.7. The van der Waals surface area contributed by atoms with Crippen LogP contribution in [0.15, 0.2) is 156 Å². The number of fused-ring (bicyclic) bond motifs is 15. The van der Waals surface area contributed by atoms with Crippen LogP contribution in [-0.4, -0.2) is 167 Å². The van der Waals surface area contributed by atoms with Crippen LogP contribution in [0.5, 0.6) is 28.7 Å². The van der Waals surface area contributed by atoms with Crippen molar-refractivity contribution >= 4 is 125 Å². The van der Waals surface area contributed by atoms with Gasteiger partial charge in [-0.3, -0.25) is 24.7 Å². The Morgan fingerprint density at radius 3 is 1.37 bits per heavy atom. The van der Waals surface area contributed by atoms with Gasteiger partial charge in [0.15, 0.2) is 0 Å². The average Bonchev–Trinajstić information content (AvgIpc) is 0.956. The molecule has 7 aliphatic heterocycles. The molecule has 664 valence electrons. The summed E-state index contributed by atoms with van der Waals surface area (Å²) in [5.74, 6) is 17.4. The van der Waals surface area contributed by atoms with Crippen molar-refractivity contribution in [2.24, 2.45) is 59.2 Å². The first-order valence-corrected chi connectivity index (χ1v) is 47.9. The molecule has 6 aromatic heterocycles. The highest BCUT2D eigenvalue weighted by Crippen LogP contribution is 2.63. The number of terminal acetylenes is 1. The third-order valence-corrected chi connectivity index (χ3v) is 31.8. The maximum atomic E-state index is 13.1. The first-order valence-electron chi connectivity index (χ1n) is 45.0. The Labute approximate surface area is 754 Å². The smallest absolute Gasteiger partial charge is 0.531 e. The summed E-state index contributed by atoms with van der Waals surface area (Å²) in [7, 11) is -12.3. The molecular weight excluding hydrogens is 1690 g/mol. The molecule has 26 nitrogen and oxygen atoms in total. The molecule has 10 N–H and O–H groups in total. The molecule has 8 aromatic rings. The molecule has 35 heteroatoms. The normalized spacial score (nSPS) is 26.5. The van der Waals surface area contributed by atoms with Crippen LogP contribution in [-0.2, 0) is 50.5 Å². The van der Waals surface area contributed by atoms with E-state index in [1.54, 1.807) is 48.9 Å². The Bertz CT molecular complexity index is 6260. The Balaban J connectivity index is 0.000000102. The van der Waals surface area contributed by atoms with Crippen LogP contribution in [0, 0.1) is 83.2 Å². The summed E-state index contributed by atoms with van der Waals surface area (Å²) in [5.41, 5.74) is 19.4. The molecule has 1 amide bonds. The van der Waals surface area contributed by atoms with Gasteiger partial charge in [0.05, 0.1) is 75.6 Å². The summed E-state index contributed by atoms with van der Waals surface area (Å²) in [4.78, 5) is 39.5. The number of nitrogens with one attached hydrogen (secondary N) is 4. The van der Waals surface area contributed by atoms with Gasteiger partial charge in [0.2, 0.25) is 26.0 Å². The van der Waals surface area contributed by atoms with Crippen molar-refractivity contribution in [3.63, 3.8) is 0 Å². The molecule has 130 heavy (non-hydrogen) atoms. The third kappa shape index (κ3) is 17.1. The van der Waals surface area contributed by atoms with Crippen molar-refractivity contribution in [2.45, 2.75) is 144 Å². The number of sulfonamides is 2. The molecule has 13 heterocycles. The quantitative estimate of drug-likeness (QED) is 0.0401. The fourth-order valence-corrected chi connectivity index (χ4v) is 25.3. The molecule has 4 bridgehead atoms. The molecule has 6 atom stereocenters. The summed E-state index contributed by atoms with van der Waals surface area (Å²) in [5, 5.41) is 66.0. The molecule has 8 fully saturated rings. The predicted octanol–water partition coefficient (Wildman–Crippen LogP) is 10.9. The van der Waals surface area contributed by atoms with Gasteiger partial charge in [-0.05, 0) is 243 Å². The van der Waals surface area contributed by atoms with Crippen molar-refractivity contribution in [3.05, 3.63) is 230 Å². The van der Waals surface area contributed by atoms with Gasteiger partial charge in [-0.1, -0.05) is 68.4 Å². The number of piperidine rings is 2. The van der Waals surface area contributed by atoms with E-state index in [1.165, 1.54) is 59.4 Å². The Kier molecular flexibility index (Phi) is 23.7. The number of rotatable bonds is 12. The second-order valence-electron chi connectivity index (χ2n) is 37.0. The predicted molar refractivity (Wildman–Crippen MR) is 493 cm³/mol. The van der Waals surface area contributed by atoms with E-state index in [1.807, 2.05) is 53.4 Å². The molecule has 10 aliphatic carbocycles. The van der Waals surface area contributed by atoms with Crippen molar-refractivity contribution in [1.29, 1.82) is 0 Å². The lowest BCUT2D eigenvalue weighted by Crippen LogP contribution is -2.55. The zero-order chi connectivity index (χ0) is 89.8. The lowest BCUT2D eigenvalue weighted by Gasteiger charge is -2.59. The van der Waals surface area contributed by atoms with Crippen LogP contribution >= 0.6 is 0 Å². The highest BCUT2D eigenvalue weighted by molar-refractivity contribution is 7.89. The maximum Gasteiger partial charge on any atom is 0.552 e. The number of hydrogen-bond acceptors (Lipinski definition) is 22. The summed E-state index contributed by atoms with van der Waals surface area (Å²) in [6, 6.07) is 11.1. The number of aromatic nitrogens is 6. The fourth-order valence-electron chi connectivity index (χ4n) is 22.8. The van der Waals surface area contributed by atoms with E-state index in [2.05, 4.69) is 88.7 Å². The van der Waals surface area contributed by atoms with E-state index in [9.17, 15) is 60.6 Å². The minimum absolute atomic E-state index is 0.0145. The second kappa shape index (κ2) is 35.4. The third-order valence-electron chi connectivity index (χ3n) is 28.7. The van der Waals surface area contributed by atoms with E-state index in [-0.39, 0.29) is 52.0 Å². The number of likely N-dealkylation sites (tertiary alicyclic amines) is 1. The highest BCUT2D eigenvalue weighted by Gasteiger charge is 2.57. The summed E-state index contributed by atoms with van der Waals surface area (Å²) in [6.07, 6.45) is 45.5. The van der Waals surface area contributed by atoms with Crippen molar-refractivity contribution in [3.8, 4) is 41.1 Å². The van der Waals surface area contributed by atoms with Crippen LogP contribution < -0.4 is 38.0 Å². The van der Waals surface area contributed by atoms with E-state index < -0.39 is 72.9 Å². The minimum atomic E-state index is -3.70. The van der Waals surface area contributed by atoms with Crippen molar-refractivity contribution in [1.82, 2.24) is 49.6 Å². The number of nitrogens with zero attached hydrogens (tertiary/aromatic N) is 6. The van der Waals surface area contributed by atoms with Crippen LogP contribution in [0.4, 0.5) is 8.78 Å². The molecule has 6 saturated carbocycles. The van der Waals surface area contributed by atoms with Crippen LogP contribution in [0.2, 0.25) is 0 Å². The maximum absolute atomic E-state index is 13.1. The molecule has 17 aliphatic rings. The number of hydrogen-bond donors (Lipinski definition) is 10. The zero-order valence-electron chi connectivity index (χ0n) is 71.7. The number of amides is 1. The van der Waals surface area contributed by atoms with Crippen LogP contribution in [0.25, 0.3) is 63.2 Å². The monoisotopic (exact) mass is 1790 g/mol. The van der Waals surface area contributed by atoms with Gasteiger partial charge in [-0.25, -0.2) is 40.0 Å². The molecule has 2 aromatic carbocycles. The van der Waals surface area contributed by atoms with Crippen molar-refractivity contribution in [2.75, 3.05) is 26.2 Å². The first kappa shape index (κ1) is 87.1. The molecular formula is C95H97B5F2N10O16S2. The fraction of sp³-hybridized carbons (Fsp3) is 0.368. The van der Waals surface area contributed by atoms with Crippen LogP contribution in [0.3, 0.4) is 0 Å². The number of aliphatic hydroxyl groups is 1. The number of pyridine rings is 5. The van der Waals surface area contributed by atoms with E-state index in [0.717, 1.165) is 185 Å². The number of benzene rings is 2. The number of aromatic amines is 1. The number of allylic oxidation sites excluding steroid dienone is 7. The van der Waals surface area contributed by atoms with E-state index in [4.69, 9.17) is 29.7 Å². The van der Waals surface area contributed by atoms with Crippen molar-refractivity contribution < 1.29 is 83.9 Å². The molecule has 2 saturated heterocycles. The molecule has 25 rings (SSSR count). The number of H-pyrrole nitrogens is 1. The summed E-state index contributed by atoms with van der Waals surface area (Å²) in [6.45, 7) is 7.82.